The van der Waals surface area contributed by atoms with Crippen LogP contribution in [0.5, 0.6) is 11.5 Å². The van der Waals surface area contributed by atoms with Gasteiger partial charge in [0.05, 0.1) is 13.0 Å². The summed E-state index contributed by atoms with van der Waals surface area (Å²) >= 11 is 0. The van der Waals surface area contributed by atoms with Crippen molar-refractivity contribution in [1.82, 2.24) is 4.90 Å². The lowest BCUT2D eigenvalue weighted by atomic mass is 9.76. The van der Waals surface area contributed by atoms with E-state index < -0.39 is 0 Å². The number of methoxy groups -OCH3 is 1. The monoisotopic (exact) mass is 379 g/mol. The Morgan fingerprint density at radius 3 is 2.75 bits per heavy atom. The van der Waals surface area contributed by atoms with Crippen molar-refractivity contribution in [2.24, 2.45) is 5.92 Å². The molecule has 0 amide bonds. The third kappa shape index (κ3) is 3.10. The highest BCUT2D eigenvalue weighted by Gasteiger charge is 2.37. The molecule has 1 heterocycles. The number of carbonyl (C=O) groups is 1. The number of esters is 1. The SMILES string of the molecule is CCCN1CCc2cc(OC)c(OC(=O)C(C)C)c3c2[C@H]1Cc1ccccc1-3. The van der Waals surface area contributed by atoms with Crippen LogP contribution in [0.15, 0.2) is 30.3 Å². The molecule has 1 aliphatic carbocycles. The van der Waals surface area contributed by atoms with Gasteiger partial charge in [0.25, 0.3) is 0 Å². The van der Waals surface area contributed by atoms with Gasteiger partial charge in [-0.3, -0.25) is 9.69 Å². The van der Waals surface area contributed by atoms with E-state index in [9.17, 15) is 4.79 Å². The molecular formula is C24H29NO3. The molecule has 0 unspecified atom stereocenters. The van der Waals surface area contributed by atoms with E-state index in [1.165, 1.54) is 22.3 Å². The fraction of sp³-hybridized carbons (Fsp3) is 0.458. The van der Waals surface area contributed by atoms with E-state index in [4.69, 9.17) is 9.47 Å². The molecule has 0 N–H and O–H groups in total. The molecule has 0 aromatic heterocycles. The van der Waals surface area contributed by atoms with Crippen LogP contribution in [0.4, 0.5) is 0 Å². The Balaban J connectivity index is 1.97. The maximum Gasteiger partial charge on any atom is 0.313 e. The largest absolute Gasteiger partial charge is 0.493 e. The second-order valence-corrected chi connectivity index (χ2v) is 8.09. The molecule has 0 saturated heterocycles. The van der Waals surface area contributed by atoms with Gasteiger partial charge in [0.1, 0.15) is 0 Å². The number of rotatable bonds is 5. The molecule has 2 aromatic rings. The summed E-state index contributed by atoms with van der Waals surface area (Å²) in [5.41, 5.74) is 6.17. The summed E-state index contributed by atoms with van der Waals surface area (Å²) in [6.45, 7) is 8.09. The first kappa shape index (κ1) is 19.0. The lowest BCUT2D eigenvalue weighted by Gasteiger charge is -2.42. The van der Waals surface area contributed by atoms with Crippen molar-refractivity contribution < 1.29 is 14.3 Å². The van der Waals surface area contributed by atoms with E-state index in [1.54, 1.807) is 7.11 Å². The molecule has 0 radical (unpaired) electrons. The first-order valence-corrected chi connectivity index (χ1v) is 10.3. The Bertz CT molecular complexity index is 903. The van der Waals surface area contributed by atoms with Crippen molar-refractivity contribution in [3.63, 3.8) is 0 Å². The molecule has 0 fully saturated rings. The van der Waals surface area contributed by atoms with Gasteiger partial charge in [-0.2, -0.15) is 0 Å². The highest BCUT2D eigenvalue weighted by atomic mass is 16.6. The minimum absolute atomic E-state index is 0.195. The lowest BCUT2D eigenvalue weighted by molar-refractivity contribution is -0.137. The molecule has 4 heteroatoms. The molecule has 1 atom stereocenters. The number of hydrogen-bond donors (Lipinski definition) is 0. The van der Waals surface area contributed by atoms with E-state index in [1.807, 2.05) is 13.8 Å². The summed E-state index contributed by atoms with van der Waals surface area (Å²) in [5, 5.41) is 0. The van der Waals surface area contributed by atoms with Crippen LogP contribution in [-0.4, -0.2) is 31.1 Å². The second-order valence-electron chi connectivity index (χ2n) is 8.09. The molecule has 28 heavy (non-hydrogen) atoms. The molecule has 148 valence electrons. The average molecular weight is 380 g/mol. The highest BCUT2D eigenvalue weighted by molar-refractivity contribution is 5.87. The van der Waals surface area contributed by atoms with E-state index in [2.05, 4.69) is 42.2 Å². The smallest absolute Gasteiger partial charge is 0.313 e. The third-order valence-corrected chi connectivity index (χ3v) is 5.92. The number of ether oxygens (including phenoxy) is 2. The molecule has 4 rings (SSSR count). The summed E-state index contributed by atoms with van der Waals surface area (Å²) in [7, 11) is 1.65. The summed E-state index contributed by atoms with van der Waals surface area (Å²) in [6, 6.07) is 10.9. The predicted octanol–water partition coefficient (Wildman–Crippen LogP) is 4.79. The maximum atomic E-state index is 12.5. The van der Waals surface area contributed by atoms with Crippen molar-refractivity contribution in [3.8, 4) is 22.6 Å². The summed E-state index contributed by atoms with van der Waals surface area (Å²) in [6.07, 6.45) is 3.13. The van der Waals surface area contributed by atoms with E-state index in [0.29, 0.717) is 17.5 Å². The normalized spacial score (nSPS) is 17.8. The third-order valence-electron chi connectivity index (χ3n) is 5.92. The minimum Gasteiger partial charge on any atom is -0.493 e. The summed E-state index contributed by atoms with van der Waals surface area (Å²) in [4.78, 5) is 15.1. The molecular weight excluding hydrogens is 350 g/mol. The molecule has 1 aliphatic heterocycles. The standard InChI is InChI=1S/C24H29NO3/c1-5-11-25-12-10-17-14-20(27-4)23(28-24(26)15(2)3)22-18-9-7-6-8-16(18)13-19(25)21(17)22/h6-9,14-15,19H,5,10-13H2,1-4H3/t19-/m1/s1. The van der Waals surface area contributed by atoms with Crippen molar-refractivity contribution in [1.29, 1.82) is 0 Å². The number of fused-ring (bicyclic) bond motifs is 2. The molecule has 0 bridgehead atoms. The van der Waals surface area contributed by atoms with Crippen LogP contribution in [-0.2, 0) is 17.6 Å². The second kappa shape index (κ2) is 7.59. The minimum atomic E-state index is -0.227. The fourth-order valence-electron chi connectivity index (χ4n) is 4.57. The van der Waals surface area contributed by atoms with Gasteiger partial charge in [-0.1, -0.05) is 45.0 Å². The van der Waals surface area contributed by atoms with E-state index >= 15 is 0 Å². The fourth-order valence-corrected chi connectivity index (χ4v) is 4.57. The molecule has 0 saturated carbocycles. The van der Waals surface area contributed by atoms with Gasteiger partial charge >= 0.3 is 5.97 Å². The number of hydrogen-bond acceptors (Lipinski definition) is 4. The van der Waals surface area contributed by atoms with Crippen LogP contribution in [0.2, 0.25) is 0 Å². The molecule has 0 spiro atoms. The van der Waals surface area contributed by atoms with Gasteiger partial charge in [-0.25, -0.2) is 0 Å². The van der Waals surface area contributed by atoms with Crippen molar-refractivity contribution in [3.05, 3.63) is 47.0 Å². The Kier molecular flexibility index (Phi) is 5.15. The maximum absolute atomic E-state index is 12.5. The Morgan fingerprint density at radius 1 is 1.25 bits per heavy atom. The van der Waals surface area contributed by atoms with Gasteiger partial charge in [-0.05, 0) is 54.1 Å². The topological polar surface area (TPSA) is 38.8 Å². The quantitative estimate of drug-likeness (QED) is 0.553. The first-order valence-electron chi connectivity index (χ1n) is 10.3. The van der Waals surface area contributed by atoms with E-state index in [-0.39, 0.29) is 11.9 Å². The molecule has 2 aliphatic rings. The van der Waals surface area contributed by atoms with Gasteiger partial charge in [0.2, 0.25) is 0 Å². The predicted molar refractivity (Wildman–Crippen MR) is 111 cm³/mol. The van der Waals surface area contributed by atoms with Crippen LogP contribution in [0, 0.1) is 5.92 Å². The Morgan fingerprint density at radius 2 is 2.04 bits per heavy atom. The zero-order valence-corrected chi connectivity index (χ0v) is 17.2. The first-order chi connectivity index (χ1) is 13.5. The van der Waals surface area contributed by atoms with Crippen LogP contribution in [0.3, 0.4) is 0 Å². The Hall–Kier alpha value is -2.33. The van der Waals surface area contributed by atoms with Crippen molar-refractivity contribution in [2.75, 3.05) is 20.2 Å². The number of carbonyl (C=O) groups excluding carboxylic acids is 1. The van der Waals surface area contributed by atoms with Gasteiger partial charge < -0.3 is 9.47 Å². The van der Waals surface area contributed by atoms with Crippen molar-refractivity contribution in [2.45, 2.75) is 46.1 Å². The zero-order valence-electron chi connectivity index (χ0n) is 17.2. The number of nitrogens with zero attached hydrogens (tertiary/aromatic N) is 1. The summed E-state index contributed by atoms with van der Waals surface area (Å²) < 4.78 is 11.6. The highest BCUT2D eigenvalue weighted by Crippen LogP contribution is 2.52. The number of benzene rings is 2. The van der Waals surface area contributed by atoms with Crippen LogP contribution in [0.1, 0.15) is 49.9 Å². The van der Waals surface area contributed by atoms with Crippen LogP contribution < -0.4 is 9.47 Å². The van der Waals surface area contributed by atoms with Crippen LogP contribution in [0.25, 0.3) is 11.1 Å². The van der Waals surface area contributed by atoms with Crippen LogP contribution >= 0.6 is 0 Å². The van der Waals surface area contributed by atoms with Gasteiger partial charge in [0.15, 0.2) is 11.5 Å². The Labute approximate surface area is 167 Å². The lowest BCUT2D eigenvalue weighted by Crippen LogP contribution is -2.39. The molecule has 2 aromatic carbocycles. The molecule has 4 nitrogen and oxygen atoms in total. The van der Waals surface area contributed by atoms with Gasteiger partial charge in [-0.15, -0.1) is 0 Å². The van der Waals surface area contributed by atoms with Crippen molar-refractivity contribution >= 4 is 5.97 Å². The van der Waals surface area contributed by atoms with E-state index in [0.717, 1.165) is 37.9 Å². The van der Waals surface area contributed by atoms with Gasteiger partial charge in [0, 0.05) is 18.2 Å². The average Bonchev–Trinajstić information content (AvgIpc) is 2.70. The zero-order chi connectivity index (χ0) is 19.8. The summed E-state index contributed by atoms with van der Waals surface area (Å²) in [5.74, 6) is 0.812.